The molecule has 15 heavy (non-hydrogen) atoms. The summed E-state index contributed by atoms with van der Waals surface area (Å²) < 4.78 is 0. The Kier molecular flexibility index (Phi) is 2.56. The molecule has 0 N–H and O–H groups in total. The quantitative estimate of drug-likeness (QED) is 0.716. The molecular weight excluding hydrogens is 214 g/mol. The third kappa shape index (κ3) is 1.55. The van der Waals surface area contributed by atoms with Crippen molar-refractivity contribution in [1.29, 1.82) is 0 Å². The van der Waals surface area contributed by atoms with E-state index in [1.165, 1.54) is 10.4 Å². The second-order valence-electron chi connectivity index (χ2n) is 3.12. The molecule has 1 aliphatic heterocycles. The lowest BCUT2D eigenvalue weighted by Crippen LogP contribution is -2.29. The minimum atomic E-state index is -0.494. The van der Waals surface area contributed by atoms with Gasteiger partial charge in [0.25, 0.3) is 11.7 Å². The first-order chi connectivity index (χ1) is 7.25. The highest BCUT2D eigenvalue weighted by atomic mass is 35.5. The van der Waals surface area contributed by atoms with E-state index in [9.17, 15) is 9.59 Å². The number of halogens is 1. The normalized spacial score (nSPS) is 15.1. The van der Waals surface area contributed by atoms with Gasteiger partial charge in [0.05, 0.1) is 11.3 Å². The van der Waals surface area contributed by atoms with Crippen LogP contribution >= 0.6 is 11.6 Å². The van der Waals surface area contributed by atoms with Gasteiger partial charge in [0.2, 0.25) is 0 Å². The van der Waals surface area contributed by atoms with E-state index in [4.69, 9.17) is 11.6 Å². The van der Waals surface area contributed by atoms with E-state index in [1.807, 2.05) is 0 Å². The number of fused-ring (bicyclic) bond motifs is 1. The van der Waals surface area contributed by atoms with Crippen molar-refractivity contribution in [2.75, 3.05) is 11.4 Å². The SMILES string of the molecule is O=C1C(=O)N(C/C=C/Cl)c2ccccc21. The van der Waals surface area contributed by atoms with Crippen molar-refractivity contribution in [2.45, 2.75) is 0 Å². The van der Waals surface area contributed by atoms with E-state index in [0.717, 1.165) is 0 Å². The minimum absolute atomic E-state index is 0.324. The van der Waals surface area contributed by atoms with Crippen molar-refractivity contribution in [3.8, 4) is 0 Å². The molecule has 0 bridgehead atoms. The first-order valence-corrected chi connectivity index (χ1v) is 4.90. The molecule has 0 aromatic heterocycles. The van der Waals surface area contributed by atoms with Gasteiger partial charge in [-0.2, -0.15) is 0 Å². The molecule has 0 saturated heterocycles. The molecule has 76 valence electrons. The number of hydrogen-bond acceptors (Lipinski definition) is 2. The molecule has 1 aromatic rings. The summed E-state index contributed by atoms with van der Waals surface area (Å²) in [6, 6.07) is 6.94. The largest absolute Gasteiger partial charge is 0.301 e. The smallest absolute Gasteiger partial charge is 0.299 e. The average Bonchev–Trinajstić information content (AvgIpc) is 2.51. The fourth-order valence-electron chi connectivity index (χ4n) is 1.57. The third-order valence-electron chi connectivity index (χ3n) is 2.26. The van der Waals surface area contributed by atoms with Crippen molar-refractivity contribution in [1.82, 2.24) is 0 Å². The van der Waals surface area contributed by atoms with Crippen LogP contribution in [0.5, 0.6) is 0 Å². The van der Waals surface area contributed by atoms with Crippen LogP contribution in [0.25, 0.3) is 0 Å². The van der Waals surface area contributed by atoms with Crippen LogP contribution in [0.15, 0.2) is 35.9 Å². The summed E-state index contributed by atoms with van der Waals surface area (Å²) in [5, 5.41) is 0. The lowest BCUT2D eigenvalue weighted by molar-refractivity contribution is -0.114. The van der Waals surface area contributed by atoms with Crippen molar-refractivity contribution in [2.24, 2.45) is 0 Å². The molecule has 1 heterocycles. The first kappa shape index (κ1) is 9.93. The van der Waals surface area contributed by atoms with Crippen LogP contribution in [0.3, 0.4) is 0 Å². The van der Waals surface area contributed by atoms with Gasteiger partial charge in [-0.25, -0.2) is 0 Å². The molecule has 1 aromatic carbocycles. The van der Waals surface area contributed by atoms with Crippen LogP contribution in [0.1, 0.15) is 10.4 Å². The van der Waals surface area contributed by atoms with Crippen molar-refractivity contribution in [3.63, 3.8) is 0 Å². The van der Waals surface area contributed by atoms with Crippen LogP contribution in [-0.2, 0) is 4.79 Å². The van der Waals surface area contributed by atoms with Gasteiger partial charge in [0, 0.05) is 12.1 Å². The van der Waals surface area contributed by atoms with Crippen LogP contribution in [0, 0.1) is 0 Å². The predicted octanol–water partition coefficient (Wildman–Crippen LogP) is 1.97. The third-order valence-corrected chi connectivity index (χ3v) is 2.43. The molecule has 3 nitrogen and oxygen atoms in total. The fourth-order valence-corrected chi connectivity index (χ4v) is 1.65. The van der Waals surface area contributed by atoms with Crippen LogP contribution in [0.2, 0.25) is 0 Å². The van der Waals surface area contributed by atoms with Gasteiger partial charge >= 0.3 is 0 Å². The highest BCUT2D eigenvalue weighted by Gasteiger charge is 2.34. The maximum absolute atomic E-state index is 11.6. The average molecular weight is 222 g/mol. The maximum atomic E-state index is 11.6. The predicted molar refractivity (Wildman–Crippen MR) is 58.1 cm³/mol. The van der Waals surface area contributed by atoms with E-state index >= 15 is 0 Å². The molecule has 0 fully saturated rings. The second-order valence-corrected chi connectivity index (χ2v) is 3.38. The molecule has 1 amide bonds. The van der Waals surface area contributed by atoms with Crippen molar-refractivity contribution < 1.29 is 9.59 Å². The summed E-state index contributed by atoms with van der Waals surface area (Å²) in [6.45, 7) is 0.324. The molecule has 1 aliphatic rings. The van der Waals surface area contributed by atoms with Gasteiger partial charge in [-0.1, -0.05) is 29.8 Å². The zero-order valence-corrected chi connectivity index (χ0v) is 8.57. The van der Waals surface area contributed by atoms with Crippen molar-refractivity contribution >= 4 is 29.0 Å². The van der Waals surface area contributed by atoms with Gasteiger partial charge in [0.1, 0.15) is 0 Å². The van der Waals surface area contributed by atoms with Gasteiger partial charge in [-0.3, -0.25) is 9.59 Å². The fraction of sp³-hybridized carbons (Fsp3) is 0.0909. The Hall–Kier alpha value is -1.61. The molecule has 0 aliphatic carbocycles. The number of carbonyl (C=O) groups excluding carboxylic acids is 2. The Labute approximate surface area is 91.9 Å². The topological polar surface area (TPSA) is 37.4 Å². The Balaban J connectivity index is 2.42. The van der Waals surface area contributed by atoms with Crippen LogP contribution in [0.4, 0.5) is 5.69 Å². The summed E-state index contributed by atoms with van der Waals surface area (Å²) in [6.07, 6.45) is 1.62. The number of rotatable bonds is 2. The lowest BCUT2D eigenvalue weighted by Gasteiger charge is -2.13. The number of anilines is 1. The molecule has 2 rings (SSSR count). The van der Waals surface area contributed by atoms with Crippen molar-refractivity contribution in [3.05, 3.63) is 41.4 Å². The number of hydrogen-bond donors (Lipinski definition) is 0. The maximum Gasteiger partial charge on any atom is 0.299 e. The summed E-state index contributed by atoms with van der Waals surface area (Å²) >= 11 is 5.39. The zero-order valence-electron chi connectivity index (χ0n) is 7.81. The highest BCUT2D eigenvalue weighted by molar-refractivity contribution is 6.52. The molecule has 0 spiro atoms. The van der Waals surface area contributed by atoms with Gasteiger partial charge in [-0.15, -0.1) is 0 Å². The Morgan fingerprint density at radius 3 is 2.73 bits per heavy atom. The summed E-state index contributed by atoms with van der Waals surface area (Å²) in [4.78, 5) is 24.5. The highest BCUT2D eigenvalue weighted by Crippen LogP contribution is 2.27. The van der Waals surface area contributed by atoms with Gasteiger partial charge in [0.15, 0.2) is 0 Å². The molecular formula is C11H8ClNO2. The number of amides is 1. The van der Waals surface area contributed by atoms with E-state index in [-0.39, 0.29) is 0 Å². The van der Waals surface area contributed by atoms with Gasteiger partial charge < -0.3 is 4.90 Å². The Morgan fingerprint density at radius 1 is 1.27 bits per heavy atom. The molecule has 0 saturated carbocycles. The Bertz CT molecular complexity index is 454. The standard InChI is InChI=1S/C11H8ClNO2/c12-6-3-7-13-9-5-2-1-4-8(9)10(14)11(13)15/h1-6H,7H2/b6-3+. The number of ketones is 1. The van der Waals surface area contributed by atoms with Crippen LogP contribution < -0.4 is 4.90 Å². The first-order valence-electron chi connectivity index (χ1n) is 4.46. The summed E-state index contributed by atoms with van der Waals surface area (Å²) in [7, 11) is 0. The van der Waals surface area contributed by atoms with E-state index in [0.29, 0.717) is 17.8 Å². The number of nitrogens with zero attached hydrogens (tertiary/aromatic N) is 1. The van der Waals surface area contributed by atoms with Gasteiger partial charge in [-0.05, 0) is 12.1 Å². The van der Waals surface area contributed by atoms with E-state index in [1.54, 1.807) is 30.3 Å². The number of para-hydroxylation sites is 1. The van der Waals surface area contributed by atoms with E-state index < -0.39 is 11.7 Å². The summed E-state index contributed by atoms with van der Waals surface area (Å²) in [5.74, 6) is -0.945. The Morgan fingerprint density at radius 2 is 2.00 bits per heavy atom. The minimum Gasteiger partial charge on any atom is -0.301 e. The van der Waals surface area contributed by atoms with E-state index in [2.05, 4.69) is 0 Å². The number of benzene rings is 1. The second kappa shape index (κ2) is 3.87. The monoisotopic (exact) mass is 221 g/mol. The molecule has 0 atom stereocenters. The summed E-state index contributed by atoms with van der Waals surface area (Å²) in [5.41, 5.74) is 2.45. The number of carbonyl (C=O) groups is 2. The zero-order chi connectivity index (χ0) is 10.8. The van der Waals surface area contributed by atoms with Crippen LogP contribution in [-0.4, -0.2) is 18.2 Å². The molecule has 0 unspecified atom stereocenters. The molecule has 0 radical (unpaired) electrons. The lowest BCUT2D eigenvalue weighted by atomic mass is 10.1. The molecule has 4 heteroatoms. The number of Topliss-reactive ketones (excluding diaryl/α,β-unsaturated/α-hetero) is 1.